The molecule has 1 heterocycles. The highest BCUT2D eigenvalue weighted by atomic mass is 35.5. The number of hydrogen-bond donors (Lipinski definition) is 1. The average molecular weight is 603 g/mol. The Kier molecular flexibility index (Phi) is 10.1. The van der Waals surface area contributed by atoms with Gasteiger partial charge in [-0.05, 0) is 78.8 Å². The normalized spacial score (nSPS) is 17.8. The average Bonchev–Trinajstić information content (AvgIpc) is 2.92. The highest BCUT2D eigenvalue weighted by molar-refractivity contribution is 7.99. The van der Waals surface area contributed by atoms with E-state index < -0.39 is 10.0 Å². The van der Waals surface area contributed by atoms with Crippen molar-refractivity contribution in [3.63, 3.8) is 0 Å². The molecule has 10 heteroatoms. The molecule has 1 amide bonds. The molecule has 7 nitrogen and oxygen atoms in total. The Labute approximate surface area is 246 Å². The number of nitrogens with zero attached hydrogens (tertiary/aromatic N) is 1. The van der Waals surface area contributed by atoms with Gasteiger partial charge in [-0.25, -0.2) is 8.42 Å². The summed E-state index contributed by atoms with van der Waals surface area (Å²) in [6.45, 7) is 5.44. The van der Waals surface area contributed by atoms with Gasteiger partial charge >= 0.3 is 0 Å². The first kappa shape index (κ1) is 30.2. The Morgan fingerprint density at radius 2 is 1.73 bits per heavy atom. The van der Waals surface area contributed by atoms with E-state index in [1.807, 2.05) is 36.4 Å². The van der Waals surface area contributed by atoms with Crippen LogP contribution in [0, 0.1) is 11.8 Å². The third kappa shape index (κ3) is 7.32. The lowest BCUT2D eigenvalue weighted by atomic mass is 9.94. The van der Waals surface area contributed by atoms with Crippen molar-refractivity contribution in [2.45, 2.75) is 41.4 Å². The smallest absolute Gasteiger partial charge is 0.252 e. The van der Waals surface area contributed by atoms with Gasteiger partial charge in [0, 0.05) is 34.4 Å². The van der Waals surface area contributed by atoms with Gasteiger partial charge in [0.15, 0.2) is 11.5 Å². The van der Waals surface area contributed by atoms with Gasteiger partial charge in [-0.3, -0.25) is 4.79 Å². The van der Waals surface area contributed by atoms with E-state index in [-0.39, 0.29) is 22.6 Å². The number of sulfonamides is 1. The molecule has 4 rings (SSSR count). The van der Waals surface area contributed by atoms with Crippen LogP contribution >= 0.6 is 23.4 Å². The molecular weight excluding hydrogens is 568 g/mol. The molecule has 3 aromatic rings. The minimum Gasteiger partial charge on any atom is -0.493 e. The number of rotatable bonds is 10. The molecule has 0 aromatic heterocycles. The van der Waals surface area contributed by atoms with E-state index >= 15 is 0 Å². The molecule has 40 heavy (non-hydrogen) atoms. The molecule has 0 radical (unpaired) electrons. The molecule has 0 aliphatic carbocycles. The van der Waals surface area contributed by atoms with Gasteiger partial charge in [0.25, 0.3) is 5.91 Å². The fraction of sp³-hybridized carbons (Fsp3) is 0.367. The van der Waals surface area contributed by atoms with Crippen LogP contribution in [0.2, 0.25) is 5.02 Å². The summed E-state index contributed by atoms with van der Waals surface area (Å²) in [6, 6.07) is 17.7. The summed E-state index contributed by atoms with van der Waals surface area (Å²) in [6.07, 6.45) is 1.55. The van der Waals surface area contributed by atoms with Crippen molar-refractivity contribution in [1.29, 1.82) is 0 Å². The number of ether oxygens (including phenoxy) is 2. The van der Waals surface area contributed by atoms with E-state index in [9.17, 15) is 13.2 Å². The van der Waals surface area contributed by atoms with Gasteiger partial charge in [-0.15, -0.1) is 0 Å². The summed E-state index contributed by atoms with van der Waals surface area (Å²) in [5.41, 5.74) is 1.27. The van der Waals surface area contributed by atoms with Gasteiger partial charge in [-0.1, -0.05) is 49.3 Å². The lowest BCUT2D eigenvalue weighted by Crippen LogP contribution is -2.42. The van der Waals surface area contributed by atoms with Crippen LogP contribution in [0.15, 0.2) is 75.4 Å². The molecule has 2 unspecified atom stereocenters. The second-order valence-electron chi connectivity index (χ2n) is 10.2. The van der Waals surface area contributed by atoms with Gasteiger partial charge in [0.05, 0.1) is 24.7 Å². The maximum Gasteiger partial charge on any atom is 0.252 e. The fourth-order valence-corrected chi connectivity index (χ4v) is 7.94. The first-order chi connectivity index (χ1) is 19.1. The van der Waals surface area contributed by atoms with Crippen molar-refractivity contribution in [3.05, 3.63) is 76.8 Å². The monoisotopic (exact) mass is 602 g/mol. The molecule has 0 bridgehead atoms. The number of nitrogens with one attached hydrogen (secondary N) is 1. The lowest BCUT2D eigenvalue weighted by Gasteiger charge is -2.34. The molecule has 2 atom stereocenters. The second kappa shape index (κ2) is 13.3. The molecule has 0 spiro atoms. The number of halogens is 1. The third-order valence-electron chi connectivity index (χ3n) is 6.84. The van der Waals surface area contributed by atoms with E-state index in [0.29, 0.717) is 53.0 Å². The van der Waals surface area contributed by atoms with Crippen LogP contribution in [-0.4, -0.2) is 52.5 Å². The van der Waals surface area contributed by atoms with Crippen molar-refractivity contribution in [1.82, 2.24) is 9.62 Å². The number of benzene rings is 3. The minimum atomic E-state index is -3.76. The number of carbonyl (C=O) groups excluding carboxylic acids is 1. The van der Waals surface area contributed by atoms with Crippen molar-refractivity contribution < 1.29 is 22.7 Å². The Balaban J connectivity index is 1.59. The summed E-state index contributed by atoms with van der Waals surface area (Å²) in [4.78, 5) is 15.1. The van der Waals surface area contributed by atoms with Gasteiger partial charge in [0.1, 0.15) is 0 Å². The van der Waals surface area contributed by atoms with Crippen molar-refractivity contribution in [3.8, 4) is 11.5 Å². The number of piperidine rings is 1. The quantitative estimate of drug-likeness (QED) is 0.300. The first-order valence-corrected chi connectivity index (χ1v) is 15.8. The Hall–Kier alpha value is -2.72. The summed E-state index contributed by atoms with van der Waals surface area (Å²) in [7, 11) is -0.602. The Bertz CT molecular complexity index is 1450. The van der Waals surface area contributed by atoms with Gasteiger partial charge in [-0.2, -0.15) is 4.31 Å². The molecular formula is C30H35ClN2O5S2. The van der Waals surface area contributed by atoms with Crippen LogP contribution in [-0.2, 0) is 16.4 Å². The predicted octanol–water partition coefficient (Wildman–Crippen LogP) is 6.15. The first-order valence-electron chi connectivity index (χ1n) is 13.2. The highest BCUT2D eigenvalue weighted by Crippen LogP contribution is 2.35. The maximum atomic E-state index is 13.6. The standard InChI is InChI=1S/C30H35ClN2O5S2/c1-20-14-21(2)19-33(18-20)40(35,36)25-9-11-29(39-24-7-5-6-23(31)16-24)26(17-25)30(34)32-13-12-22-8-10-27(37-3)28(15-22)38-4/h5-11,15-17,20-21H,12-14,18-19H2,1-4H3,(H,32,34). The second-order valence-corrected chi connectivity index (χ2v) is 13.7. The predicted molar refractivity (Wildman–Crippen MR) is 159 cm³/mol. The van der Waals surface area contributed by atoms with E-state index in [0.717, 1.165) is 16.9 Å². The SMILES string of the molecule is COc1ccc(CCNC(=O)c2cc(S(=O)(=O)N3CC(C)CC(C)C3)ccc2Sc2cccc(Cl)c2)cc1OC. The van der Waals surface area contributed by atoms with Gasteiger partial charge < -0.3 is 14.8 Å². The van der Waals surface area contributed by atoms with Crippen LogP contribution in [0.3, 0.4) is 0 Å². The zero-order chi connectivity index (χ0) is 28.9. The van der Waals surface area contributed by atoms with Crippen molar-refractivity contribution >= 4 is 39.3 Å². The molecule has 1 saturated heterocycles. The van der Waals surface area contributed by atoms with Crippen LogP contribution in [0.4, 0.5) is 0 Å². The zero-order valence-corrected chi connectivity index (χ0v) is 25.5. The van der Waals surface area contributed by atoms with E-state index in [1.54, 1.807) is 36.7 Å². The lowest BCUT2D eigenvalue weighted by molar-refractivity contribution is 0.0951. The minimum absolute atomic E-state index is 0.120. The molecule has 0 saturated carbocycles. The van der Waals surface area contributed by atoms with Crippen molar-refractivity contribution in [2.75, 3.05) is 33.9 Å². The maximum absolute atomic E-state index is 13.6. The summed E-state index contributed by atoms with van der Waals surface area (Å²) in [5.74, 6) is 1.45. The number of methoxy groups -OCH3 is 2. The molecule has 1 aliphatic rings. The Morgan fingerprint density at radius 1 is 1.00 bits per heavy atom. The molecule has 214 valence electrons. The number of hydrogen-bond acceptors (Lipinski definition) is 6. The van der Waals surface area contributed by atoms with Crippen LogP contribution in [0.1, 0.15) is 36.2 Å². The van der Waals surface area contributed by atoms with Crippen molar-refractivity contribution in [2.24, 2.45) is 11.8 Å². The largest absolute Gasteiger partial charge is 0.493 e. The topological polar surface area (TPSA) is 84.9 Å². The summed E-state index contributed by atoms with van der Waals surface area (Å²) in [5, 5.41) is 3.55. The molecule has 1 fully saturated rings. The fourth-order valence-electron chi connectivity index (χ4n) is 5.00. The van der Waals surface area contributed by atoms with Crippen LogP contribution in [0.25, 0.3) is 0 Å². The highest BCUT2D eigenvalue weighted by Gasteiger charge is 2.32. The van der Waals surface area contributed by atoms with E-state index in [1.165, 1.54) is 17.8 Å². The number of amides is 1. The zero-order valence-electron chi connectivity index (χ0n) is 23.1. The third-order valence-corrected chi connectivity index (χ3v) is 9.97. The molecule has 3 aromatic carbocycles. The van der Waals surface area contributed by atoms with Crippen LogP contribution < -0.4 is 14.8 Å². The van der Waals surface area contributed by atoms with Gasteiger partial charge in [0.2, 0.25) is 10.0 Å². The molecule has 1 aliphatic heterocycles. The van der Waals surface area contributed by atoms with E-state index in [2.05, 4.69) is 19.2 Å². The molecule has 1 N–H and O–H groups in total. The van der Waals surface area contributed by atoms with Crippen LogP contribution in [0.5, 0.6) is 11.5 Å². The number of carbonyl (C=O) groups is 1. The summed E-state index contributed by atoms with van der Waals surface area (Å²) >= 11 is 7.55. The Morgan fingerprint density at radius 3 is 2.40 bits per heavy atom. The van der Waals surface area contributed by atoms with E-state index in [4.69, 9.17) is 21.1 Å². The summed E-state index contributed by atoms with van der Waals surface area (Å²) < 4.78 is 39.5.